The molecule has 2 nitrogen and oxygen atoms in total. The van der Waals surface area contributed by atoms with Gasteiger partial charge in [0.05, 0.1) is 0 Å². The predicted octanol–water partition coefficient (Wildman–Crippen LogP) is 3.08. The minimum absolute atomic E-state index is 0.292. The van der Waals surface area contributed by atoms with Crippen molar-refractivity contribution in [1.29, 1.82) is 0 Å². The fourth-order valence-corrected chi connectivity index (χ4v) is 1.52. The highest BCUT2D eigenvalue weighted by atomic mass is 15.2. The van der Waals surface area contributed by atoms with Crippen molar-refractivity contribution in [1.82, 2.24) is 5.43 Å². The molecule has 1 atom stereocenters. The molecule has 3 N–H and O–H groups in total. The SMILES string of the molecule is CCC(C)(C)C(CCC(C)(C)C)NN. The van der Waals surface area contributed by atoms with Crippen molar-refractivity contribution in [2.24, 2.45) is 16.7 Å². The Bertz CT molecular complexity index is 156. The molecule has 0 saturated heterocycles. The Labute approximate surface area is 89.6 Å². The maximum Gasteiger partial charge on any atom is 0.0261 e. The number of nitrogens with one attached hydrogen (secondary N) is 1. The van der Waals surface area contributed by atoms with Gasteiger partial charge < -0.3 is 0 Å². The van der Waals surface area contributed by atoms with Gasteiger partial charge in [0.1, 0.15) is 0 Å². The highest BCUT2D eigenvalue weighted by molar-refractivity contribution is 4.82. The van der Waals surface area contributed by atoms with Crippen molar-refractivity contribution in [2.45, 2.75) is 66.8 Å². The van der Waals surface area contributed by atoms with Crippen LogP contribution < -0.4 is 11.3 Å². The Morgan fingerprint density at radius 3 is 1.93 bits per heavy atom. The maximum absolute atomic E-state index is 5.61. The van der Waals surface area contributed by atoms with Crippen LogP contribution in [-0.4, -0.2) is 6.04 Å². The molecule has 86 valence electrons. The second-order valence-electron chi connectivity index (χ2n) is 6.16. The molecule has 0 fully saturated rings. The summed E-state index contributed by atoms with van der Waals surface area (Å²) in [5, 5.41) is 0. The summed E-state index contributed by atoms with van der Waals surface area (Å²) in [6.45, 7) is 13.6. The lowest BCUT2D eigenvalue weighted by Crippen LogP contribution is -2.45. The third-order valence-corrected chi connectivity index (χ3v) is 3.24. The molecule has 0 aromatic rings. The second-order valence-corrected chi connectivity index (χ2v) is 6.16. The number of nitrogens with two attached hydrogens (primary N) is 1. The lowest BCUT2D eigenvalue weighted by molar-refractivity contribution is 0.198. The summed E-state index contributed by atoms with van der Waals surface area (Å²) in [5.41, 5.74) is 3.66. The normalized spacial score (nSPS) is 15.6. The Balaban J connectivity index is 4.17. The lowest BCUT2D eigenvalue weighted by atomic mass is 9.77. The van der Waals surface area contributed by atoms with Gasteiger partial charge in [-0.25, -0.2) is 0 Å². The average molecular weight is 200 g/mol. The van der Waals surface area contributed by atoms with Gasteiger partial charge in [-0.15, -0.1) is 0 Å². The molecular formula is C12H28N2. The predicted molar refractivity (Wildman–Crippen MR) is 63.9 cm³/mol. The molecule has 0 rings (SSSR count). The minimum atomic E-state index is 0.292. The monoisotopic (exact) mass is 200 g/mol. The van der Waals surface area contributed by atoms with Crippen LogP contribution in [0.25, 0.3) is 0 Å². The largest absolute Gasteiger partial charge is 0.271 e. The van der Waals surface area contributed by atoms with Gasteiger partial charge in [0.15, 0.2) is 0 Å². The molecule has 0 bridgehead atoms. The molecule has 2 heteroatoms. The molecule has 0 saturated carbocycles. The van der Waals surface area contributed by atoms with E-state index in [2.05, 4.69) is 47.0 Å². The van der Waals surface area contributed by atoms with E-state index in [1.54, 1.807) is 0 Å². The zero-order valence-electron chi connectivity index (χ0n) is 10.8. The molecule has 0 aliphatic carbocycles. The first-order valence-corrected chi connectivity index (χ1v) is 5.69. The second kappa shape index (κ2) is 5.13. The summed E-state index contributed by atoms with van der Waals surface area (Å²) in [6.07, 6.45) is 3.53. The molecule has 0 amide bonds. The number of hydrogen-bond acceptors (Lipinski definition) is 2. The van der Waals surface area contributed by atoms with Crippen LogP contribution in [0.5, 0.6) is 0 Å². The van der Waals surface area contributed by atoms with Crippen LogP contribution in [0, 0.1) is 10.8 Å². The first-order chi connectivity index (χ1) is 6.23. The van der Waals surface area contributed by atoms with Gasteiger partial charge >= 0.3 is 0 Å². The van der Waals surface area contributed by atoms with E-state index in [0.29, 0.717) is 16.9 Å². The zero-order chi connectivity index (χ0) is 11.4. The van der Waals surface area contributed by atoms with Gasteiger partial charge in [0.2, 0.25) is 0 Å². The summed E-state index contributed by atoms with van der Waals surface area (Å²) >= 11 is 0. The fraction of sp³-hybridized carbons (Fsp3) is 1.00. The number of rotatable bonds is 5. The first-order valence-electron chi connectivity index (χ1n) is 5.69. The van der Waals surface area contributed by atoms with E-state index in [0.717, 1.165) is 12.8 Å². The van der Waals surface area contributed by atoms with E-state index in [1.165, 1.54) is 6.42 Å². The lowest BCUT2D eigenvalue weighted by Gasteiger charge is -2.34. The van der Waals surface area contributed by atoms with E-state index in [1.807, 2.05) is 0 Å². The summed E-state index contributed by atoms with van der Waals surface area (Å²) in [6, 6.07) is 0.423. The van der Waals surface area contributed by atoms with E-state index in [-0.39, 0.29) is 0 Å². The Hall–Kier alpha value is -0.0800. The van der Waals surface area contributed by atoms with Crippen molar-refractivity contribution in [3.05, 3.63) is 0 Å². The zero-order valence-corrected chi connectivity index (χ0v) is 10.8. The fourth-order valence-electron chi connectivity index (χ4n) is 1.52. The summed E-state index contributed by atoms with van der Waals surface area (Å²) in [7, 11) is 0. The third kappa shape index (κ3) is 4.97. The standard InChI is InChI=1S/C12H28N2/c1-7-12(5,6)10(14-13)8-9-11(2,3)4/h10,14H,7-9,13H2,1-6H3. The smallest absolute Gasteiger partial charge is 0.0261 e. The minimum Gasteiger partial charge on any atom is -0.271 e. The molecule has 0 aromatic carbocycles. The van der Waals surface area contributed by atoms with Crippen molar-refractivity contribution < 1.29 is 0 Å². The molecule has 14 heavy (non-hydrogen) atoms. The number of hydrazine groups is 1. The van der Waals surface area contributed by atoms with Crippen LogP contribution in [0.15, 0.2) is 0 Å². The molecule has 0 aliphatic rings. The van der Waals surface area contributed by atoms with E-state index in [9.17, 15) is 0 Å². The molecule has 0 heterocycles. The molecular weight excluding hydrogens is 172 g/mol. The first kappa shape index (κ1) is 13.9. The summed E-state index contributed by atoms with van der Waals surface area (Å²) in [5.74, 6) is 5.61. The highest BCUT2D eigenvalue weighted by Gasteiger charge is 2.27. The Kier molecular flexibility index (Phi) is 5.10. The van der Waals surface area contributed by atoms with Crippen LogP contribution in [0.4, 0.5) is 0 Å². The van der Waals surface area contributed by atoms with Crippen LogP contribution >= 0.6 is 0 Å². The van der Waals surface area contributed by atoms with E-state index >= 15 is 0 Å². The van der Waals surface area contributed by atoms with Crippen molar-refractivity contribution in [3.8, 4) is 0 Å². The van der Waals surface area contributed by atoms with E-state index in [4.69, 9.17) is 5.84 Å². The number of hydrogen-bond donors (Lipinski definition) is 2. The highest BCUT2D eigenvalue weighted by Crippen LogP contribution is 2.30. The van der Waals surface area contributed by atoms with Gasteiger partial charge in [0, 0.05) is 6.04 Å². The van der Waals surface area contributed by atoms with Gasteiger partial charge in [-0.1, -0.05) is 41.5 Å². The van der Waals surface area contributed by atoms with Gasteiger partial charge in [-0.05, 0) is 30.1 Å². The topological polar surface area (TPSA) is 38.0 Å². The van der Waals surface area contributed by atoms with Gasteiger partial charge in [0.25, 0.3) is 0 Å². The Morgan fingerprint density at radius 2 is 1.64 bits per heavy atom. The maximum atomic E-state index is 5.61. The van der Waals surface area contributed by atoms with Crippen molar-refractivity contribution in [2.75, 3.05) is 0 Å². The molecule has 0 aromatic heterocycles. The van der Waals surface area contributed by atoms with Crippen molar-refractivity contribution in [3.63, 3.8) is 0 Å². The summed E-state index contributed by atoms with van der Waals surface area (Å²) in [4.78, 5) is 0. The summed E-state index contributed by atoms with van der Waals surface area (Å²) < 4.78 is 0. The van der Waals surface area contributed by atoms with Gasteiger partial charge in [-0.2, -0.15) is 0 Å². The van der Waals surface area contributed by atoms with Crippen LogP contribution in [0.1, 0.15) is 60.8 Å². The molecule has 0 spiro atoms. The Morgan fingerprint density at radius 1 is 1.14 bits per heavy atom. The quantitative estimate of drug-likeness (QED) is 0.529. The third-order valence-electron chi connectivity index (χ3n) is 3.24. The van der Waals surface area contributed by atoms with E-state index < -0.39 is 0 Å². The van der Waals surface area contributed by atoms with Crippen LogP contribution in [0.2, 0.25) is 0 Å². The molecule has 0 radical (unpaired) electrons. The molecule has 1 unspecified atom stereocenters. The molecule has 0 aliphatic heterocycles. The van der Waals surface area contributed by atoms with Crippen molar-refractivity contribution >= 4 is 0 Å². The van der Waals surface area contributed by atoms with Crippen LogP contribution in [-0.2, 0) is 0 Å². The average Bonchev–Trinajstić information content (AvgIpc) is 2.03. The van der Waals surface area contributed by atoms with Gasteiger partial charge in [-0.3, -0.25) is 11.3 Å². The van der Waals surface area contributed by atoms with Crippen LogP contribution in [0.3, 0.4) is 0 Å².